The van der Waals surface area contributed by atoms with Gasteiger partial charge in [-0.2, -0.15) is 0 Å². The first-order valence-corrected chi connectivity index (χ1v) is 7.48. The van der Waals surface area contributed by atoms with Gasteiger partial charge in [0.25, 0.3) is 5.91 Å². The molecule has 4 N–H and O–H groups in total. The largest absolute Gasteiger partial charge is 0.481 e. The van der Waals surface area contributed by atoms with Gasteiger partial charge in [-0.05, 0) is 24.3 Å². The van der Waals surface area contributed by atoms with Crippen molar-refractivity contribution in [2.24, 2.45) is 5.73 Å². The highest BCUT2D eigenvalue weighted by atomic mass is 32.1. The molecule has 0 aliphatic heterocycles. The number of nitrogens with one attached hydrogen (secondary N) is 1. The van der Waals surface area contributed by atoms with E-state index in [9.17, 15) is 14.4 Å². The lowest BCUT2D eigenvalue weighted by molar-refractivity contribution is -0.137. The fourth-order valence-electron chi connectivity index (χ4n) is 2.02. The highest BCUT2D eigenvalue weighted by Crippen LogP contribution is 2.27. The van der Waals surface area contributed by atoms with Gasteiger partial charge >= 0.3 is 5.97 Å². The predicted molar refractivity (Wildman–Crippen MR) is 78.3 cm³/mol. The van der Waals surface area contributed by atoms with Crippen LogP contribution in [0.2, 0.25) is 0 Å². The van der Waals surface area contributed by atoms with E-state index in [1.165, 1.54) is 11.3 Å². The van der Waals surface area contributed by atoms with E-state index < -0.39 is 11.9 Å². The molecule has 7 nitrogen and oxygen atoms in total. The van der Waals surface area contributed by atoms with E-state index in [1.807, 2.05) is 4.90 Å². The summed E-state index contributed by atoms with van der Waals surface area (Å²) in [7, 11) is 0. The quantitative estimate of drug-likeness (QED) is 0.655. The third-order valence-corrected chi connectivity index (χ3v) is 4.04. The molecule has 114 valence electrons. The van der Waals surface area contributed by atoms with Crippen LogP contribution in [0.3, 0.4) is 0 Å². The first kappa shape index (κ1) is 15.5. The Balaban J connectivity index is 1.91. The van der Waals surface area contributed by atoms with Gasteiger partial charge in [0.1, 0.15) is 5.00 Å². The van der Waals surface area contributed by atoms with Crippen LogP contribution in [0.4, 0.5) is 5.00 Å². The fourth-order valence-corrected chi connectivity index (χ4v) is 2.83. The molecule has 0 spiro atoms. The number of hydrogen-bond acceptors (Lipinski definition) is 5. The number of rotatable bonds is 8. The Hall–Kier alpha value is -1.93. The number of carboxylic acid groups (broad SMARTS) is 1. The van der Waals surface area contributed by atoms with Crippen molar-refractivity contribution in [2.45, 2.75) is 25.3 Å². The molecule has 1 heterocycles. The zero-order valence-electron chi connectivity index (χ0n) is 11.4. The van der Waals surface area contributed by atoms with Crippen LogP contribution in [0.5, 0.6) is 0 Å². The summed E-state index contributed by atoms with van der Waals surface area (Å²) in [5.41, 5.74) is 5.50. The van der Waals surface area contributed by atoms with Gasteiger partial charge in [-0.1, -0.05) is 0 Å². The van der Waals surface area contributed by atoms with Crippen LogP contribution >= 0.6 is 11.3 Å². The number of carboxylic acids is 1. The Kier molecular flexibility index (Phi) is 4.92. The molecule has 1 aliphatic rings. The number of carbonyl (C=O) groups is 3. The number of nitrogens with two attached hydrogens (primary N) is 1. The number of anilines is 1. The number of primary amides is 1. The molecule has 0 unspecified atom stereocenters. The lowest BCUT2D eigenvalue weighted by atomic mass is 10.3. The molecule has 0 atom stereocenters. The molecule has 0 aromatic carbocycles. The van der Waals surface area contributed by atoms with Gasteiger partial charge < -0.3 is 16.2 Å². The molecule has 2 rings (SSSR count). The summed E-state index contributed by atoms with van der Waals surface area (Å²) in [5, 5.41) is 13.5. The van der Waals surface area contributed by atoms with E-state index in [-0.39, 0.29) is 30.5 Å². The Labute approximate surface area is 125 Å². The van der Waals surface area contributed by atoms with Gasteiger partial charge in [-0.25, -0.2) is 0 Å². The van der Waals surface area contributed by atoms with Gasteiger partial charge in [0, 0.05) is 12.6 Å². The number of nitrogens with zero attached hydrogens (tertiary/aromatic N) is 1. The third-order valence-electron chi connectivity index (χ3n) is 3.21. The van der Waals surface area contributed by atoms with Crippen LogP contribution in [0, 0.1) is 0 Å². The van der Waals surface area contributed by atoms with E-state index >= 15 is 0 Å². The Morgan fingerprint density at radius 1 is 1.43 bits per heavy atom. The molecule has 1 aromatic rings. The first-order chi connectivity index (χ1) is 9.97. The van der Waals surface area contributed by atoms with Crippen molar-refractivity contribution in [1.82, 2.24) is 4.90 Å². The summed E-state index contributed by atoms with van der Waals surface area (Å²) in [6, 6.07) is 1.85. The molecular formula is C13H17N3O4S. The number of aliphatic carboxylic acids is 1. The lowest BCUT2D eigenvalue weighted by Gasteiger charge is -2.20. The number of carbonyl (C=O) groups excluding carboxylic acids is 2. The minimum Gasteiger partial charge on any atom is -0.481 e. The van der Waals surface area contributed by atoms with Gasteiger partial charge in [0.2, 0.25) is 5.91 Å². The smallest absolute Gasteiger partial charge is 0.304 e. The molecule has 1 aromatic heterocycles. The van der Waals surface area contributed by atoms with Gasteiger partial charge in [-0.15, -0.1) is 11.3 Å². The SMILES string of the molecule is NC(=O)c1ccsc1NC(=O)CN(CCC(=O)O)C1CC1. The van der Waals surface area contributed by atoms with Crippen LogP contribution in [0.1, 0.15) is 29.6 Å². The van der Waals surface area contributed by atoms with Crippen molar-refractivity contribution in [1.29, 1.82) is 0 Å². The fraction of sp³-hybridized carbons (Fsp3) is 0.462. The minimum atomic E-state index is -0.879. The summed E-state index contributed by atoms with van der Waals surface area (Å²) >= 11 is 1.23. The molecule has 0 radical (unpaired) electrons. The third kappa shape index (κ3) is 4.54. The van der Waals surface area contributed by atoms with Crippen molar-refractivity contribution >= 4 is 34.1 Å². The summed E-state index contributed by atoms with van der Waals surface area (Å²) in [6.45, 7) is 0.467. The molecule has 0 bridgehead atoms. The zero-order valence-corrected chi connectivity index (χ0v) is 12.2. The highest BCUT2D eigenvalue weighted by Gasteiger charge is 2.30. The second-order valence-electron chi connectivity index (χ2n) is 4.92. The normalized spacial score (nSPS) is 14.1. The second kappa shape index (κ2) is 6.68. The molecule has 0 saturated heterocycles. The van der Waals surface area contributed by atoms with Crippen molar-refractivity contribution < 1.29 is 19.5 Å². The van der Waals surface area contributed by atoms with Crippen LogP contribution < -0.4 is 11.1 Å². The van der Waals surface area contributed by atoms with Crippen molar-refractivity contribution in [3.8, 4) is 0 Å². The minimum absolute atomic E-state index is 0.00924. The standard InChI is InChI=1S/C13H17N3O4S/c14-12(20)9-4-6-21-13(9)15-10(17)7-16(8-1-2-8)5-3-11(18)19/h4,6,8H,1-3,5,7H2,(H2,14,20)(H,15,17)(H,18,19). The maximum absolute atomic E-state index is 12.0. The van der Waals surface area contributed by atoms with E-state index in [0.717, 1.165) is 12.8 Å². The Morgan fingerprint density at radius 2 is 2.14 bits per heavy atom. The Morgan fingerprint density at radius 3 is 2.71 bits per heavy atom. The van der Waals surface area contributed by atoms with Gasteiger partial charge in [0.05, 0.1) is 18.5 Å². The molecular weight excluding hydrogens is 294 g/mol. The number of amides is 2. The van der Waals surface area contributed by atoms with Crippen LogP contribution in [-0.4, -0.2) is 46.9 Å². The van der Waals surface area contributed by atoms with E-state index in [0.29, 0.717) is 11.5 Å². The molecule has 2 amide bonds. The average molecular weight is 311 g/mol. The molecule has 1 fully saturated rings. The maximum atomic E-state index is 12.0. The van der Waals surface area contributed by atoms with E-state index in [4.69, 9.17) is 10.8 Å². The number of thiophene rings is 1. The van der Waals surface area contributed by atoms with Crippen molar-refractivity contribution in [3.63, 3.8) is 0 Å². The summed E-state index contributed by atoms with van der Waals surface area (Å²) < 4.78 is 0. The highest BCUT2D eigenvalue weighted by molar-refractivity contribution is 7.14. The lowest BCUT2D eigenvalue weighted by Crippen LogP contribution is -2.36. The molecule has 21 heavy (non-hydrogen) atoms. The van der Waals surface area contributed by atoms with Crippen LogP contribution in [-0.2, 0) is 9.59 Å². The Bertz CT molecular complexity index is 553. The number of hydrogen-bond donors (Lipinski definition) is 3. The zero-order chi connectivity index (χ0) is 15.4. The predicted octanol–water partition coefficient (Wildman–Crippen LogP) is 0.725. The van der Waals surface area contributed by atoms with Gasteiger partial charge in [0.15, 0.2) is 0 Å². The monoisotopic (exact) mass is 311 g/mol. The van der Waals surface area contributed by atoms with E-state index in [1.54, 1.807) is 11.4 Å². The average Bonchev–Trinajstić information content (AvgIpc) is 3.14. The molecule has 1 aliphatic carbocycles. The summed E-state index contributed by atoms with van der Waals surface area (Å²) in [5.74, 6) is -1.73. The van der Waals surface area contributed by atoms with Crippen molar-refractivity contribution in [3.05, 3.63) is 17.0 Å². The van der Waals surface area contributed by atoms with Crippen LogP contribution in [0.25, 0.3) is 0 Å². The second-order valence-corrected chi connectivity index (χ2v) is 5.84. The summed E-state index contributed by atoms with van der Waals surface area (Å²) in [4.78, 5) is 35.7. The molecule has 8 heteroatoms. The summed E-state index contributed by atoms with van der Waals surface area (Å²) in [6.07, 6.45) is 1.98. The van der Waals surface area contributed by atoms with Crippen molar-refractivity contribution in [2.75, 3.05) is 18.4 Å². The topological polar surface area (TPSA) is 113 Å². The van der Waals surface area contributed by atoms with Gasteiger partial charge in [-0.3, -0.25) is 19.3 Å². The van der Waals surface area contributed by atoms with Crippen LogP contribution in [0.15, 0.2) is 11.4 Å². The first-order valence-electron chi connectivity index (χ1n) is 6.60. The van der Waals surface area contributed by atoms with E-state index in [2.05, 4.69) is 5.32 Å². The maximum Gasteiger partial charge on any atom is 0.304 e. The molecule has 1 saturated carbocycles.